The summed E-state index contributed by atoms with van der Waals surface area (Å²) in [5.41, 5.74) is 5.38. The Morgan fingerprint density at radius 3 is 2.48 bits per heavy atom. The zero-order valence-electron chi connectivity index (χ0n) is 15.3. The zero-order valence-corrected chi connectivity index (χ0v) is 15.3. The van der Waals surface area contributed by atoms with Gasteiger partial charge in [-0.25, -0.2) is 13.8 Å². The SMILES string of the molecule is CC.COc1ccc2ccc(COc3ccc(F)c(C(N)=O)c3F)nc2c1. The Kier molecular flexibility index (Phi) is 6.65. The molecule has 3 aromatic rings. The van der Waals surface area contributed by atoms with Gasteiger partial charge in [-0.05, 0) is 30.3 Å². The number of amides is 1. The van der Waals surface area contributed by atoms with Crippen LogP contribution < -0.4 is 15.2 Å². The van der Waals surface area contributed by atoms with E-state index in [0.29, 0.717) is 17.0 Å². The lowest BCUT2D eigenvalue weighted by molar-refractivity contribution is 0.0991. The van der Waals surface area contributed by atoms with Crippen LogP contribution in [0.4, 0.5) is 8.78 Å². The predicted octanol–water partition coefficient (Wildman–Crippen LogP) is 4.23. The minimum absolute atomic E-state index is 0.0616. The molecular weight excluding hydrogens is 354 g/mol. The van der Waals surface area contributed by atoms with Crippen LogP contribution in [-0.4, -0.2) is 18.0 Å². The smallest absolute Gasteiger partial charge is 0.254 e. The van der Waals surface area contributed by atoms with E-state index in [4.69, 9.17) is 15.2 Å². The van der Waals surface area contributed by atoms with Crippen molar-refractivity contribution in [1.29, 1.82) is 0 Å². The molecule has 142 valence electrons. The number of primary amides is 1. The van der Waals surface area contributed by atoms with E-state index < -0.39 is 23.1 Å². The molecule has 3 rings (SSSR count). The van der Waals surface area contributed by atoms with E-state index in [2.05, 4.69) is 4.98 Å². The van der Waals surface area contributed by atoms with Crippen molar-refractivity contribution in [3.63, 3.8) is 0 Å². The predicted molar refractivity (Wildman–Crippen MR) is 98.9 cm³/mol. The number of carbonyl (C=O) groups excluding carboxylic acids is 1. The molecule has 27 heavy (non-hydrogen) atoms. The van der Waals surface area contributed by atoms with Gasteiger partial charge in [0.1, 0.15) is 23.7 Å². The number of pyridine rings is 1. The fourth-order valence-corrected chi connectivity index (χ4v) is 2.37. The van der Waals surface area contributed by atoms with Gasteiger partial charge >= 0.3 is 0 Å². The molecule has 0 saturated heterocycles. The summed E-state index contributed by atoms with van der Waals surface area (Å²) in [4.78, 5) is 15.5. The van der Waals surface area contributed by atoms with Gasteiger partial charge in [-0.15, -0.1) is 0 Å². The average Bonchev–Trinajstić information content (AvgIpc) is 2.68. The summed E-state index contributed by atoms with van der Waals surface area (Å²) in [6.07, 6.45) is 0. The second kappa shape index (κ2) is 8.93. The molecule has 0 spiro atoms. The maximum absolute atomic E-state index is 14.1. The van der Waals surface area contributed by atoms with Crippen LogP contribution >= 0.6 is 0 Å². The minimum atomic E-state index is -1.20. The van der Waals surface area contributed by atoms with E-state index in [1.54, 1.807) is 19.2 Å². The number of benzene rings is 2. The molecule has 0 radical (unpaired) electrons. The van der Waals surface area contributed by atoms with Crippen molar-refractivity contribution in [2.75, 3.05) is 7.11 Å². The number of hydrogen-bond acceptors (Lipinski definition) is 4. The maximum Gasteiger partial charge on any atom is 0.254 e. The van der Waals surface area contributed by atoms with Crippen molar-refractivity contribution in [3.8, 4) is 11.5 Å². The van der Waals surface area contributed by atoms with Gasteiger partial charge in [-0.3, -0.25) is 4.79 Å². The highest BCUT2D eigenvalue weighted by molar-refractivity contribution is 5.93. The van der Waals surface area contributed by atoms with Crippen molar-refractivity contribution >= 4 is 16.8 Å². The van der Waals surface area contributed by atoms with E-state index in [-0.39, 0.29) is 12.4 Å². The van der Waals surface area contributed by atoms with Crippen molar-refractivity contribution in [1.82, 2.24) is 4.98 Å². The molecule has 0 fully saturated rings. The first-order valence-electron chi connectivity index (χ1n) is 8.34. The van der Waals surface area contributed by atoms with Gasteiger partial charge in [0.15, 0.2) is 11.6 Å². The Labute approximate surface area is 155 Å². The van der Waals surface area contributed by atoms with E-state index in [1.807, 2.05) is 32.0 Å². The molecule has 0 aliphatic rings. The Morgan fingerprint density at radius 2 is 1.81 bits per heavy atom. The molecular formula is C20H20F2N2O3. The van der Waals surface area contributed by atoms with Crippen molar-refractivity contribution in [2.24, 2.45) is 5.73 Å². The molecule has 0 aliphatic heterocycles. The minimum Gasteiger partial charge on any atom is -0.497 e. The first-order chi connectivity index (χ1) is 13.0. The molecule has 0 unspecified atom stereocenters. The number of carbonyl (C=O) groups is 1. The van der Waals surface area contributed by atoms with Gasteiger partial charge in [-0.2, -0.15) is 0 Å². The van der Waals surface area contributed by atoms with Gasteiger partial charge in [0.25, 0.3) is 5.91 Å². The zero-order chi connectivity index (χ0) is 20.0. The molecule has 0 bridgehead atoms. The van der Waals surface area contributed by atoms with Crippen molar-refractivity contribution in [3.05, 3.63) is 65.4 Å². The summed E-state index contributed by atoms with van der Waals surface area (Å²) in [6.45, 7) is 3.94. The van der Waals surface area contributed by atoms with Crippen LogP contribution in [0.5, 0.6) is 11.5 Å². The summed E-state index contributed by atoms with van der Waals surface area (Å²) in [5, 5.41) is 0.911. The summed E-state index contributed by atoms with van der Waals surface area (Å²) < 4.78 is 38.1. The lowest BCUT2D eigenvalue weighted by atomic mass is 10.1. The average molecular weight is 374 g/mol. The number of hydrogen-bond donors (Lipinski definition) is 1. The third kappa shape index (κ3) is 4.49. The number of nitrogens with zero attached hydrogens (tertiary/aromatic N) is 1. The lowest BCUT2D eigenvalue weighted by Crippen LogP contribution is -2.16. The fraction of sp³-hybridized carbons (Fsp3) is 0.200. The number of aromatic nitrogens is 1. The number of ether oxygens (including phenoxy) is 2. The topological polar surface area (TPSA) is 74.4 Å². The van der Waals surface area contributed by atoms with E-state index in [0.717, 1.165) is 17.5 Å². The van der Waals surface area contributed by atoms with Crippen molar-refractivity contribution < 1.29 is 23.0 Å². The normalized spacial score (nSPS) is 10.1. The third-order valence-electron chi connectivity index (χ3n) is 3.63. The van der Waals surface area contributed by atoms with Gasteiger partial charge in [0.2, 0.25) is 0 Å². The largest absolute Gasteiger partial charge is 0.497 e. The summed E-state index contributed by atoms with van der Waals surface area (Å²) in [6, 6.07) is 11.0. The first kappa shape index (κ1) is 20.1. The highest BCUT2D eigenvalue weighted by Crippen LogP contribution is 2.24. The standard InChI is InChI=1S/C18H14F2N2O3.C2H6/c1-24-12-5-3-10-2-4-11(22-14(10)8-12)9-25-15-7-6-13(19)16(17(15)20)18(21)23;1-2/h2-8H,9H2,1H3,(H2,21,23);1-2H3. The summed E-state index contributed by atoms with van der Waals surface area (Å²) >= 11 is 0. The highest BCUT2D eigenvalue weighted by Gasteiger charge is 2.19. The second-order valence-corrected chi connectivity index (χ2v) is 5.25. The van der Waals surface area contributed by atoms with Gasteiger partial charge < -0.3 is 15.2 Å². The number of halogens is 2. The second-order valence-electron chi connectivity index (χ2n) is 5.25. The molecule has 2 aromatic carbocycles. The Hall–Kier alpha value is -3.22. The van der Waals surface area contributed by atoms with Gasteiger partial charge in [-0.1, -0.05) is 19.9 Å². The molecule has 0 aliphatic carbocycles. The number of nitrogens with two attached hydrogens (primary N) is 1. The first-order valence-corrected chi connectivity index (χ1v) is 8.34. The van der Waals surface area contributed by atoms with Crippen LogP contribution in [0.1, 0.15) is 29.9 Å². The van der Waals surface area contributed by atoms with Crippen molar-refractivity contribution in [2.45, 2.75) is 20.5 Å². The van der Waals surface area contributed by atoms with Crippen LogP contribution in [0, 0.1) is 11.6 Å². The lowest BCUT2D eigenvalue weighted by Gasteiger charge is -2.10. The van der Waals surface area contributed by atoms with Crippen LogP contribution in [0.15, 0.2) is 42.5 Å². The molecule has 5 nitrogen and oxygen atoms in total. The molecule has 0 atom stereocenters. The Balaban J connectivity index is 0.00000126. The maximum atomic E-state index is 14.1. The Morgan fingerprint density at radius 1 is 1.11 bits per heavy atom. The van der Waals surface area contributed by atoms with Crippen LogP contribution in [-0.2, 0) is 6.61 Å². The molecule has 0 saturated carbocycles. The van der Waals surface area contributed by atoms with E-state index >= 15 is 0 Å². The summed E-state index contributed by atoms with van der Waals surface area (Å²) in [5.74, 6) is -2.98. The molecule has 2 N–H and O–H groups in total. The summed E-state index contributed by atoms with van der Waals surface area (Å²) in [7, 11) is 1.56. The third-order valence-corrected chi connectivity index (χ3v) is 3.63. The number of fused-ring (bicyclic) bond motifs is 1. The van der Waals surface area contributed by atoms with Gasteiger partial charge in [0, 0.05) is 11.5 Å². The molecule has 1 amide bonds. The monoisotopic (exact) mass is 374 g/mol. The number of methoxy groups -OCH3 is 1. The van der Waals surface area contributed by atoms with Crippen LogP contribution in [0.25, 0.3) is 10.9 Å². The molecule has 1 heterocycles. The van der Waals surface area contributed by atoms with Crippen LogP contribution in [0.3, 0.4) is 0 Å². The van der Waals surface area contributed by atoms with E-state index in [9.17, 15) is 13.6 Å². The molecule has 1 aromatic heterocycles. The van der Waals surface area contributed by atoms with E-state index in [1.165, 1.54) is 0 Å². The van der Waals surface area contributed by atoms with Crippen LogP contribution in [0.2, 0.25) is 0 Å². The van der Waals surface area contributed by atoms with Gasteiger partial charge in [0.05, 0.1) is 18.3 Å². The molecule has 7 heteroatoms. The Bertz CT molecular complexity index is 961. The number of rotatable bonds is 5. The fourth-order valence-electron chi connectivity index (χ4n) is 2.37. The quantitative estimate of drug-likeness (QED) is 0.725. The highest BCUT2D eigenvalue weighted by atomic mass is 19.1.